The summed E-state index contributed by atoms with van der Waals surface area (Å²) in [6.45, 7) is 2.23. The maximum atomic E-state index is 12.8. The first-order chi connectivity index (χ1) is 11.1. The number of ether oxygens (including phenoxy) is 2. The first-order valence-corrected chi connectivity index (χ1v) is 7.60. The Kier molecular flexibility index (Phi) is 3.94. The molecule has 3 amide bonds. The average molecular weight is 318 g/mol. The minimum atomic E-state index is -1.10. The summed E-state index contributed by atoms with van der Waals surface area (Å²) in [5.41, 5.74) is -0.431. The fraction of sp³-hybridized carbons (Fsp3) is 0.438. The van der Waals surface area contributed by atoms with Gasteiger partial charge in [0.05, 0.1) is 0 Å². The Hall–Kier alpha value is -2.57. The van der Waals surface area contributed by atoms with E-state index in [0.717, 1.165) is 6.29 Å². The maximum Gasteiger partial charge on any atom is 0.325 e. The van der Waals surface area contributed by atoms with Gasteiger partial charge in [0.25, 0.3) is 5.91 Å². The van der Waals surface area contributed by atoms with Gasteiger partial charge in [-0.1, -0.05) is 13.0 Å². The van der Waals surface area contributed by atoms with Crippen molar-refractivity contribution in [2.24, 2.45) is 0 Å². The topological polar surface area (TPSA) is 84.9 Å². The van der Waals surface area contributed by atoms with Crippen molar-refractivity contribution < 1.29 is 23.9 Å². The van der Waals surface area contributed by atoms with E-state index in [1.807, 2.05) is 6.92 Å². The Morgan fingerprint density at radius 1 is 1.30 bits per heavy atom. The maximum absolute atomic E-state index is 12.8. The van der Waals surface area contributed by atoms with Crippen molar-refractivity contribution in [2.45, 2.75) is 31.7 Å². The molecule has 0 spiro atoms. The van der Waals surface area contributed by atoms with Gasteiger partial charge >= 0.3 is 6.03 Å². The summed E-state index contributed by atoms with van der Waals surface area (Å²) in [6, 6.07) is 4.81. The van der Waals surface area contributed by atoms with Crippen LogP contribution in [0.2, 0.25) is 0 Å². The number of rotatable bonds is 6. The molecular weight excluding hydrogens is 300 g/mol. The molecule has 0 saturated carbocycles. The van der Waals surface area contributed by atoms with Gasteiger partial charge < -0.3 is 19.6 Å². The molecule has 1 N–H and O–H groups in total. The molecule has 0 bridgehead atoms. The van der Waals surface area contributed by atoms with Crippen molar-refractivity contribution in [1.29, 1.82) is 0 Å². The van der Waals surface area contributed by atoms with Gasteiger partial charge in [-0.05, 0) is 30.5 Å². The number of imide groups is 1. The van der Waals surface area contributed by atoms with Crippen LogP contribution < -0.4 is 14.8 Å². The Bertz CT molecular complexity index is 660. The number of carbonyl (C=O) groups excluding carboxylic acids is 3. The molecule has 1 atom stereocenters. The quantitative estimate of drug-likeness (QED) is 0.489. The summed E-state index contributed by atoms with van der Waals surface area (Å²) in [5, 5.41) is 2.80. The van der Waals surface area contributed by atoms with Crippen molar-refractivity contribution >= 4 is 18.2 Å². The number of urea groups is 1. The number of unbranched alkanes of at least 4 members (excludes halogenated alkanes) is 1. The van der Waals surface area contributed by atoms with Gasteiger partial charge in [-0.15, -0.1) is 0 Å². The van der Waals surface area contributed by atoms with Crippen molar-refractivity contribution in [3.05, 3.63) is 23.8 Å². The summed E-state index contributed by atoms with van der Waals surface area (Å²) in [7, 11) is 0. The second kappa shape index (κ2) is 5.91. The fourth-order valence-corrected chi connectivity index (χ4v) is 2.96. The van der Waals surface area contributed by atoms with E-state index in [0.29, 0.717) is 36.3 Å². The Labute approximate surface area is 133 Å². The van der Waals surface area contributed by atoms with Crippen LogP contribution in [-0.4, -0.2) is 36.5 Å². The fourth-order valence-electron chi connectivity index (χ4n) is 2.96. The minimum absolute atomic E-state index is 0.149. The van der Waals surface area contributed by atoms with Crippen LogP contribution in [0.15, 0.2) is 18.2 Å². The van der Waals surface area contributed by atoms with Gasteiger partial charge in [0.2, 0.25) is 6.79 Å². The second-order valence-corrected chi connectivity index (χ2v) is 5.52. The highest BCUT2D eigenvalue weighted by atomic mass is 16.7. The smallest absolute Gasteiger partial charge is 0.325 e. The van der Waals surface area contributed by atoms with Crippen LogP contribution in [0, 0.1) is 0 Å². The van der Waals surface area contributed by atoms with Crippen molar-refractivity contribution in [2.75, 3.05) is 13.3 Å². The van der Waals surface area contributed by atoms with E-state index in [-0.39, 0.29) is 19.2 Å². The van der Waals surface area contributed by atoms with E-state index in [1.54, 1.807) is 18.2 Å². The molecular formula is C16H18N2O5. The summed E-state index contributed by atoms with van der Waals surface area (Å²) >= 11 is 0. The molecule has 1 unspecified atom stereocenters. The van der Waals surface area contributed by atoms with Gasteiger partial charge in [-0.3, -0.25) is 9.69 Å². The summed E-state index contributed by atoms with van der Waals surface area (Å²) in [5.74, 6) is 0.895. The van der Waals surface area contributed by atoms with E-state index in [9.17, 15) is 14.4 Å². The molecule has 0 aromatic heterocycles. The highest BCUT2D eigenvalue weighted by Crippen LogP contribution is 2.39. The van der Waals surface area contributed by atoms with Gasteiger partial charge in [0, 0.05) is 13.0 Å². The lowest BCUT2D eigenvalue weighted by Crippen LogP contribution is -2.43. The van der Waals surface area contributed by atoms with E-state index in [1.165, 1.54) is 4.90 Å². The number of hydrogen-bond acceptors (Lipinski definition) is 5. The molecule has 0 aliphatic carbocycles. The predicted octanol–water partition coefficient (Wildman–Crippen LogP) is 1.55. The summed E-state index contributed by atoms with van der Waals surface area (Å²) in [6.07, 6.45) is 1.98. The van der Waals surface area contributed by atoms with Gasteiger partial charge in [0.15, 0.2) is 11.5 Å². The number of benzene rings is 1. The zero-order valence-electron chi connectivity index (χ0n) is 12.8. The first-order valence-electron chi connectivity index (χ1n) is 7.60. The highest BCUT2D eigenvalue weighted by Gasteiger charge is 2.51. The molecule has 2 aliphatic rings. The normalized spacial score (nSPS) is 22.4. The van der Waals surface area contributed by atoms with Gasteiger partial charge in [0.1, 0.15) is 11.8 Å². The van der Waals surface area contributed by atoms with E-state index < -0.39 is 11.6 Å². The third-order valence-corrected chi connectivity index (χ3v) is 4.28. The zero-order chi connectivity index (χ0) is 16.4. The molecule has 2 aliphatic heterocycles. The molecule has 1 saturated heterocycles. The predicted molar refractivity (Wildman–Crippen MR) is 80.1 cm³/mol. The third-order valence-electron chi connectivity index (χ3n) is 4.28. The molecule has 1 aromatic carbocycles. The number of fused-ring (bicyclic) bond motifs is 1. The molecule has 7 heteroatoms. The molecule has 1 fully saturated rings. The van der Waals surface area contributed by atoms with E-state index in [4.69, 9.17) is 9.47 Å². The highest BCUT2D eigenvalue weighted by molar-refractivity contribution is 6.07. The Balaban J connectivity index is 1.90. The lowest BCUT2D eigenvalue weighted by Gasteiger charge is -2.26. The van der Waals surface area contributed by atoms with Crippen LogP contribution in [0.25, 0.3) is 0 Å². The molecule has 1 aromatic rings. The van der Waals surface area contributed by atoms with Crippen molar-refractivity contribution in [1.82, 2.24) is 10.2 Å². The first kappa shape index (κ1) is 15.3. The van der Waals surface area contributed by atoms with Crippen LogP contribution in [0.4, 0.5) is 4.79 Å². The molecule has 23 heavy (non-hydrogen) atoms. The van der Waals surface area contributed by atoms with E-state index in [2.05, 4.69) is 5.32 Å². The SMILES string of the molecule is CCC1(c2ccc3c(c2)OCO3)NC(=O)N(CCCC=O)C1=O. The van der Waals surface area contributed by atoms with Crippen LogP contribution >= 0.6 is 0 Å². The summed E-state index contributed by atoms with van der Waals surface area (Å²) < 4.78 is 10.6. The number of amides is 3. The van der Waals surface area contributed by atoms with Crippen molar-refractivity contribution in [3.63, 3.8) is 0 Å². The van der Waals surface area contributed by atoms with Crippen LogP contribution in [0.1, 0.15) is 31.7 Å². The Morgan fingerprint density at radius 2 is 2.09 bits per heavy atom. The van der Waals surface area contributed by atoms with Gasteiger partial charge in [-0.25, -0.2) is 4.79 Å². The number of nitrogens with zero attached hydrogens (tertiary/aromatic N) is 1. The molecule has 7 nitrogen and oxygen atoms in total. The number of aldehydes is 1. The standard InChI is InChI=1S/C16H18N2O5/c1-2-16(11-5-6-12-13(9-11)23-10-22-12)14(20)18(15(21)17-16)7-3-4-8-19/h5-6,8-9H,2-4,7,10H2,1H3,(H,17,21). The second-order valence-electron chi connectivity index (χ2n) is 5.52. The number of hydrogen-bond donors (Lipinski definition) is 1. The van der Waals surface area contributed by atoms with Crippen molar-refractivity contribution in [3.8, 4) is 11.5 Å². The van der Waals surface area contributed by atoms with E-state index >= 15 is 0 Å². The van der Waals surface area contributed by atoms with Crippen LogP contribution in [0.5, 0.6) is 11.5 Å². The van der Waals surface area contributed by atoms with Gasteiger partial charge in [-0.2, -0.15) is 0 Å². The largest absolute Gasteiger partial charge is 0.454 e. The summed E-state index contributed by atoms with van der Waals surface area (Å²) in [4.78, 5) is 36.7. The number of nitrogens with one attached hydrogen (secondary N) is 1. The lowest BCUT2D eigenvalue weighted by atomic mass is 9.87. The lowest BCUT2D eigenvalue weighted by molar-refractivity contribution is -0.132. The molecule has 122 valence electrons. The molecule has 2 heterocycles. The monoisotopic (exact) mass is 318 g/mol. The van der Waals surface area contributed by atoms with Crippen LogP contribution in [0.3, 0.4) is 0 Å². The number of carbonyl (C=O) groups is 3. The third kappa shape index (κ3) is 2.42. The van der Waals surface area contributed by atoms with Crippen LogP contribution in [-0.2, 0) is 15.1 Å². The molecule has 3 rings (SSSR count). The Morgan fingerprint density at radius 3 is 2.83 bits per heavy atom. The average Bonchev–Trinajstić information content (AvgIpc) is 3.12. The minimum Gasteiger partial charge on any atom is -0.454 e. The molecule has 0 radical (unpaired) electrons. The zero-order valence-corrected chi connectivity index (χ0v) is 12.8.